The number of carbonyl (C=O) groups excluding carboxylic acids is 3. The van der Waals surface area contributed by atoms with Crippen LogP contribution in [0.1, 0.15) is 15.9 Å². The Bertz CT molecular complexity index is 1180. The first-order valence-electron chi connectivity index (χ1n) is 9.93. The fourth-order valence-corrected chi connectivity index (χ4v) is 4.76. The molecule has 162 valence electrons. The predicted molar refractivity (Wildman–Crippen MR) is 109 cm³/mol. The van der Waals surface area contributed by atoms with E-state index in [2.05, 4.69) is 5.10 Å². The third-order valence-electron chi connectivity index (χ3n) is 6.07. The Morgan fingerprint density at radius 1 is 0.906 bits per heavy atom. The number of Topliss-reactive ketones (excluding diaryl/α,β-unsaturated/α-hetero) is 1. The molecule has 2 amide bonds. The zero-order valence-corrected chi connectivity index (χ0v) is 16.4. The van der Waals surface area contributed by atoms with Crippen molar-refractivity contribution in [2.45, 2.75) is 18.3 Å². The summed E-state index contributed by atoms with van der Waals surface area (Å²) in [4.78, 5) is 40.8. The Morgan fingerprint density at radius 3 is 2.28 bits per heavy atom. The second-order valence-electron chi connectivity index (χ2n) is 7.77. The van der Waals surface area contributed by atoms with Crippen LogP contribution in [0, 0.1) is 11.8 Å². The van der Waals surface area contributed by atoms with Gasteiger partial charge in [0.15, 0.2) is 5.78 Å². The van der Waals surface area contributed by atoms with Crippen molar-refractivity contribution in [3.8, 4) is 0 Å². The van der Waals surface area contributed by atoms with E-state index in [0.717, 1.165) is 12.1 Å². The maximum absolute atomic E-state index is 13.6. The van der Waals surface area contributed by atoms with Crippen molar-refractivity contribution < 1.29 is 27.6 Å². The lowest BCUT2D eigenvalue weighted by atomic mass is 9.86. The number of amides is 2. The summed E-state index contributed by atoms with van der Waals surface area (Å²) in [6.07, 6.45) is -0.0609. The summed E-state index contributed by atoms with van der Waals surface area (Å²) in [7, 11) is 0. The summed E-state index contributed by atoms with van der Waals surface area (Å²) in [5, 5.41) is 5.65. The van der Waals surface area contributed by atoms with Crippen molar-refractivity contribution in [3.63, 3.8) is 0 Å². The van der Waals surface area contributed by atoms with E-state index in [4.69, 9.17) is 0 Å². The number of fused-ring (bicyclic) bond motifs is 3. The van der Waals surface area contributed by atoms with Crippen molar-refractivity contribution in [1.82, 2.24) is 5.01 Å². The van der Waals surface area contributed by atoms with E-state index in [9.17, 15) is 27.6 Å². The minimum atomic E-state index is -4.75. The molecule has 3 heterocycles. The Labute approximate surface area is 180 Å². The SMILES string of the molecule is O=C(c1ccccc1)[C@H]1[C@H]2C(=O)N(c3ccccc3C(F)(F)F)C(=O)[C@H]2C2C=CC=NN21. The van der Waals surface area contributed by atoms with E-state index in [1.54, 1.807) is 42.5 Å². The van der Waals surface area contributed by atoms with Crippen LogP contribution < -0.4 is 4.90 Å². The molecule has 0 aromatic heterocycles. The van der Waals surface area contributed by atoms with Crippen LogP contribution in [0.25, 0.3) is 0 Å². The highest BCUT2D eigenvalue weighted by Gasteiger charge is 2.64. The molecule has 0 radical (unpaired) electrons. The molecule has 2 aromatic carbocycles. The standard InChI is InChI=1S/C23H16F3N3O3/c24-23(25,26)14-9-4-5-10-15(14)28-21(31)17-16-11-6-12-27-29(16)19(18(17)22(28)32)20(30)13-7-2-1-3-8-13/h1-12,16-19H/t16?,17-,18-,19+/m0/s1. The summed E-state index contributed by atoms with van der Waals surface area (Å²) >= 11 is 0. The van der Waals surface area contributed by atoms with Crippen LogP contribution in [0.4, 0.5) is 18.9 Å². The molecule has 5 rings (SSSR count). The first-order chi connectivity index (χ1) is 15.3. The summed E-state index contributed by atoms with van der Waals surface area (Å²) in [5.74, 6) is -4.18. The van der Waals surface area contributed by atoms with Gasteiger partial charge in [-0.3, -0.25) is 19.4 Å². The predicted octanol–water partition coefficient (Wildman–Crippen LogP) is 3.30. The Kier molecular flexibility index (Phi) is 4.51. The van der Waals surface area contributed by atoms with Gasteiger partial charge in [0.05, 0.1) is 29.1 Å². The maximum atomic E-state index is 13.6. The lowest BCUT2D eigenvalue weighted by Gasteiger charge is -2.30. The molecule has 2 saturated heterocycles. The number of allylic oxidation sites excluding steroid dienone is 1. The third kappa shape index (κ3) is 2.88. The number of imide groups is 1. The molecule has 0 bridgehead atoms. The largest absolute Gasteiger partial charge is 0.418 e. The molecule has 6 nitrogen and oxygen atoms in total. The number of benzene rings is 2. The van der Waals surface area contributed by atoms with E-state index < -0.39 is 58.9 Å². The van der Waals surface area contributed by atoms with Gasteiger partial charge in [-0.2, -0.15) is 18.3 Å². The molecule has 9 heteroatoms. The van der Waals surface area contributed by atoms with Crippen LogP contribution in [0.5, 0.6) is 0 Å². The lowest BCUT2D eigenvalue weighted by Crippen LogP contribution is -2.46. The van der Waals surface area contributed by atoms with Crippen LogP contribution in [-0.4, -0.2) is 40.9 Å². The number of para-hydroxylation sites is 1. The van der Waals surface area contributed by atoms with Gasteiger partial charge in [0.1, 0.15) is 6.04 Å². The zero-order chi connectivity index (χ0) is 22.6. The van der Waals surface area contributed by atoms with E-state index in [1.807, 2.05) is 0 Å². The average Bonchev–Trinajstić information content (AvgIpc) is 3.26. The average molecular weight is 439 g/mol. The number of alkyl halides is 3. The molecular formula is C23H16F3N3O3. The highest BCUT2D eigenvalue weighted by Crippen LogP contribution is 2.48. The fraction of sp³-hybridized carbons (Fsp3) is 0.217. The molecule has 0 saturated carbocycles. The Hall–Kier alpha value is -3.75. The summed E-state index contributed by atoms with van der Waals surface area (Å²) in [6.45, 7) is 0. The number of halogens is 3. The third-order valence-corrected chi connectivity index (χ3v) is 6.07. The molecule has 3 aliphatic rings. The molecule has 0 spiro atoms. The van der Waals surface area contributed by atoms with Crippen molar-refractivity contribution >= 4 is 29.5 Å². The lowest BCUT2D eigenvalue weighted by molar-refractivity contribution is -0.137. The molecular weight excluding hydrogens is 423 g/mol. The number of nitrogens with zero attached hydrogens (tertiary/aromatic N) is 3. The highest BCUT2D eigenvalue weighted by atomic mass is 19.4. The number of hydrogen-bond donors (Lipinski definition) is 0. The van der Waals surface area contributed by atoms with Gasteiger partial charge in [0, 0.05) is 11.8 Å². The Balaban J connectivity index is 1.61. The monoisotopic (exact) mass is 439 g/mol. The quantitative estimate of drug-likeness (QED) is 0.544. The van der Waals surface area contributed by atoms with Crippen molar-refractivity contribution in [2.75, 3.05) is 4.90 Å². The van der Waals surface area contributed by atoms with Gasteiger partial charge in [0.2, 0.25) is 11.8 Å². The van der Waals surface area contributed by atoms with Crippen LogP contribution >= 0.6 is 0 Å². The van der Waals surface area contributed by atoms with Crippen LogP contribution in [0.2, 0.25) is 0 Å². The van der Waals surface area contributed by atoms with Crippen LogP contribution in [-0.2, 0) is 15.8 Å². The van der Waals surface area contributed by atoms with Gasteiger partial charge < -0.3 is 0 Å². The van der Waals surface area contributed by atoms with Crippen molar-refractivity contribution in [1.29, 1.82) is 0 Å². The molecule has 0 N–H and O–H groups in total. The smallest absolute Gasteiger partial charge is 0.292 e. The molecule has 4 atom stereocenters. The van der Waals surface area contributed by atoms with E-state index in [1.165, 1.54) is 23.4 Å². The maximum Gasteiger partial charge on any atom is 0.418 e. The molecule has 3 aliphatic heterocycles. The van der Waals surface area contributed by atoms with Gasteiger partial charge >= 0.3 is 6.18 Å². The number of anilines is 1. The van der Waals surface area contributed by atoms with Gasteiger partial charge in [-0.1, -0.05) is 48.5 Å². The van der Waals surface area contributed by atoms with E-state index in [0.29, 0.717) is 10.5 Å². The van der Waals surface area contributed by atoms with Gasteiger partial charge in [-0.05, 0) is 18.2 Å². The van der Waals surface area contributed by atoms with Gasteiger partial charge in [-0.25, -0.2) is 4.90 Å². The van der Waals surface area contributed by atoms with Crippen molar-refractivity contribution in [3.05, 3.63) is 77.9 Å². The molecule has 2 fully saturated rings. The van der Waals surface area contributed by atoms with Gasteiger partial charge in [0.25, 0.3) is 0 Å². The summed E-state index contributed by atoms with van der Waals surface area (Å²) < 4.78 is 40.8. The molecule has 1 unspecified atom stereocenters. The normalized spacial score (nSPS) is 26.5. The second-order valence-corrected chi connectivity index (χ2v) is 7.77. The number of carbonyl (C=O) groups is 3. The number of hydrogen-bond acceptors (Lipinski definition) is 5. The fourth-order valence-electron chi connectivity index (χ4n) is 4.76. The van der Waals surface area contributed by atoms with Crippen LogP contribution in [0.3, 0.4) is 0 Å². The van der Waals surface area contributed by atoms with E-state index in [-0.39, 0.29) is 0 Å². The molecule has 32 heavy (non-hydrogen) atoms. The Morgan fingerprint density at radius 2 is 1.56 bits per heavy atom. The molecule has 0 aliphatic carbocycles. The van der Waals surface area contributed by atoms with E-state index >= 15 is 0 Å². The summed E-state index contributed by atoms with van der Waals surface area (Å²) in [5.41, 5.74) is -1.28. The first kappa shape index (κ1) is 20.2. The minimum Gasteiger partial charge on any atom is -0.292 e. The number of rotatable bonds is 3. The number of ketones is 1. The minimum absolute atomic E-state index is 0.330. The number of hydrazone groups is 1. The van der Waals surface area contributed by atoms with Gasteiger partial charge in [-0.15, -0.1) is 0 Å². The van der Waals surface area contributed by atoms with Crippen molar-refractivity contribution in [2.24, 2.45) is 16.9 Å². The molecule has 2 aromatic rings. The van der Waals surface area contributed by atoms with Crippen LogP contribution in [0.15, 0.2) is 71.9 Å². The topological polar surface area (TPSA) is 70.0 Å². The summed E-state index contributed by atoms with van der Waals surface area (Å²) in [6, 6.07) is 10.9. The zero-order valence-electron chi connectivity index (χ0n) is 16.4. The highest BCUT2D eigenvalue weighted by molar-refractivity contribution is 6.25. The second kappa shape index (κ2) is 7.15. The first-order valence-corrected chi connectivity index (χ1v) is 9.93.